The zero-order valence-electron chi connectivity index (χ0n) is 18.6. The van der Waals surface area contributed by atoms with Crippen molar-refractivity contribution in [2.45, 2.75) is 38.8 Å². The van der Waals surface area contributed by atoms with Crippen molar-refractivity contribution in [3.63, 3.8) is 0 Å². The van der Waals surface area contributed by atoms with Crippen molar-refractivity contribution in [3.8, 4) is 6.07 Å². The van der Waals surface area contributed by atoms with Crippen LogP contribution in [0.25, 0.3) is 0 Å². The van der Waals surface area contributed by atoms with Crippen molar-refractivity contribution in [3.05, 3.63) is 71.3 Å². The largest absolute Gasteiger partial charge is 0.466 e. The summed E-state index contributed by atoms with van der Waals surface area (Å²) >= 11 is 0. The van der Waals surface area contributed by atoms with E-state index in [1.165, 1.54) is 13.8 Å². The first-order chi connectivity index (χ1) is 15.7. The van der Waals surface area contributed by atoms with E-state index in [1.54, 1.807) is 61.5 Å². The van der Waals surface area contributed by atoms with Crippen LogP contribution in [0.2, 0.25) is 0 Å². The van der Waals surface area contributed by atoms with E-state index >= 15 is 0 Å². The molecule has 3 rings (SSSR count). The number of amides is 4. The van der Waals surface area contributed by atoms with Crippen LogP contribution >= 0.6 is 0 Å². The van der Waals surface area contributed by atoms with Crippen molar-refractivity contribution in [2.75, 3.05) is 6.61 Å². The Balaban J connectivity index is 2.04. The van der Waals surface area contributed by atoms with Crippen LogP contribution in [-0.2, 0) is 24.7 Å². The van der Waals surface area contributed by atoms with Gasteiger partial charge in [0.2, 0.25) is 5.91 Å². The van der Waals surface area contributed by atoms with Crippen molar-refractivity contribution in [1.29, 1.82) is 5.26 Å². The number of carbonyl (C=O) groups excluding carboxylic acids is 4. The van der Waals surface area contributed by atoms with E-state index in [1.807, 2.05) is 6.07 Å². The molecule has 0 radical (unpaired) electrons. The molecule has 0 spiro atoms. The molecular formula is C24H24N4O5. The molecule has 0 bridgehead atoms. The summed E-state index contributed by atoms with van der Waals surface area (Å²) < 4.78 is 5.06. The normalized spacial score (nSPS) is 18.3. The van der Waals surface area contributed by atoms with E-state index < -0.39 is 35.4 Å². The van der Waals surface area contributed by atoms with Crippen molar-refractivity contribution >= 4 is 23.8 Å². The third kappa shape index (κ3) is 4.55. The average molecular weight is 448 g/mol. The number of hydrazine groups is 1. The number of benzene rings is 2. The standard InChI is InChI=1S/C24H24N4O5/c1-4-33-21(30)14-20(18-8-6-5-7-9-18)27(16(2)29)28-22(31)24(3,26-23(28)32)19-12-10-17(15-25)11-13-19/h5-13,20H,4,14H2,1-3H3,(H,26,32)/t20-,24-/m0/s1. The molecule has 1 heterocycles. The molecule has 1 saturated heterocycles. The van der Waals surface area contributed by atoms with Crippen molar-refractivity contribution < 1.29 is 23.9 Å². The van der Waals surface area contributed by atoms with Crippen LogP contribution in [0.4, 0.5) is 4.79 Å². The van der Waals surface area contributed by atoms with Gasteiger partial charge in [0.1, 0.15) is 5.54 Å². The lowest BCUT2D eigenvalue weighted by molar-refractivity contribution is -0.163. The quantitative estimate of drug-likeness (QED) is 0.514. The highest BCUT2D eigenvalue weighted by atomic mass is 16.5. The maximum absolute atomic E-state index is 13.6. The van der Waals surface area contributed by atoms with Crippen molar-refractivity contribution in [1.82, 2.24) is 15.3 Å². The minimum Gasteiger partial charge on any atom is -0.466 e. The molecule has 1 aliphatic rings. The van der Waals surface area contributed by atoms with E-state index in [0.717, 1.165) is 10.0 Å². The summed E-state index contributed by atoms with van der Waals surface area (Å²) in [7, 11) is 0. The molecule has 2 atom stereocenters. The number of nitriles is 1. The highest BCUT2D eigenvalue weighted by Gasteiger charge is 2.53. The van der Waals surface area contributed by atoms with Gasteiger partial charge in [-0.2, -0.15) is 10.3 Å². The molecule has 2 aromatic carbocycles. The Kier molecular flexibility index (Phi) is 6.78. The fourth-order valence-corrected chi connectivity index (χ4v) is 3.79. The molecule has 9 heteroatoms. The second-order valence-corrected chi connectivity index (χ2v) is 7.66. The number of nitrogens with one attached hydrogen (secondary N) is 1. The van der Waals surface area contributed by atoms with E-state index in [-0.39, 0.29) is 13.0 Å². The fraction of sp³-hybridized carbons (Fsp3) is 0.292. The predicted octanol–water partition coefficient (Wildman–Crippen LogP) is 2.78. The number of carbonyl (C=O) groups is 4. The molecular weight excluding hydrogens is 424 g/mol. The Hall–Kier alpha value is -4.19. The Morgan fingerprint density at radius 1 is 1.15 bits per heavy atom. The van der Waals surface area contributed by atoms with Gasteiger partial charge >= 0.3 is 12.0 Å². The lowest BCUT2D eigenvalue weighted by atomic mass is 9.91. The van der Waals surface area contributed by atoms with Crippen LogP contribution in [0.15, 0.2) is 54.6 Å². The van der Waals surface area contributed by atoms with Crippen molar-refractivity contribution in [2.24, 2.45) is 0 Å². The zero-order chi connectivity index (χ0) is 24.2. The molecule has 0 aliphatic carbocycles. The SMILES string of the molecule is CCOC(=O)C[C@@H](c1ccccc1)N(C(C)=O)N1C(=O)N[C@@](C)(c2ccc(C#N)cc2)C1=O. The lowest BCUT2D eigenvalue weighted by Crippen LogP contribution is -2.52. The van der Waals surface area contributed by atoms with Gasteiger partial charge in [0, 0.05) is 6.92 Å². The molecule has 4 amide bonds. The molecule has 33 heavy (non-hydrogen) atoms. The first-order valence-corrected chi connectivity index (χ1v) is 10.4. The first-order valence-electron chi connectivity index (χ1n) is 10.4. The number of ether oxygens (including phenoxy) is 1. The third-order valence-corrected chi connectivity index (χ3v) is 5.44. The van der Waals surface area contributed by atoms with Gasteiger partial charge in [-0.1, -0.05) is 42.5 Å². The van der Waals surface area contributed by atoms with Crippen LogP contribution in [-0.4, -0.2) is 40.4 Å². The van der Waals surface area contributed by atoms with Crippen LogP contribution in [0.5, 0.6) is 0 Å². The number of imide groups is 1. The number of hydrogen-bond donors (Lipinski definition) is 1. The Morgan fingerprint density at radius 2 is 1.79 bits per heavy atom. The molecule has 0 unspecified atom stereocenters. The van der Waals surface area contributed by atoms with E-state index in [4.69, 9.17) is 10.00 Å². The molecule has 1 N–H and O–H groups in total. The zero-order valence-corrected chi connectivity index (χ0v) is 18.6. The number of hydrogen-bond acceptors (Lipinski definition) is 6. The topological polar surface area (TPSA) is 120 Å². The number of nitrogens with zero attached hydrogens (tertiary/aromatic N) is 3. The van der Waals surface area contributed by atoms with Gasteiger partial charge in [0.25, 0.3) is 5.91 Å². The molecule has 9 nitrogen and oxygen atoms in total. The molecule has 2 aromatic rings. The molecule has 170 valence electrons. The van der Waals surface area contributed by atoms with Gasteiger partial charge in [0.15, 0.2) is 0 Å². The number of rotatable bonds is 7. The highest BCUT2D eigenvalue weighted by Crippen LogP contribution is 2.34. The first kappa shape index (κ1) is 23.5. The van der Waals surface area contributed by atoms with E-state index in [0.29, 0.717) is 16.7 Å². The second kappa shape index (κ2) is 9.53. The van der Waals surface area contributed by atoms with Gasteiger partial charge in [-0.05, 0) is 37.1 Å². The fourth-order valence-electron chi connectivity index (χ4n) is 3.79. The third-order valence-electron chi connectivity index (χ3n) is 5.44. The van der Waals surface area contributed by atoms with Crippen LogP contribution in [0.1, 0.15) is 49.9 Å². The van der Waals surface area contributed by atoms with Gasteiger partial charge in [-0.25, -0.2) is 9.80 Å². The minimum absolute atomic E-state index is 0.153. The summed E-state index contributed by atoms with van der Waals surface area (Å²) in [5, 5.41) is 13.4. The summed E-state index contributed by atoms with van der Waals surface area (Å²) in [4.78, 5) is 51.7. The number of esters is 1. The molecule has 0 aromatic heterocycles. The maximum Gasteiger partial charge on any atom is 0.344 e. The Morgan fingerprint density at radius 3 is 2.33 bits per heavy atom. The highest BCUT2D eigenvalue weighted by molar-refractivity contribution is 6.08. The molecule has 1 aliphatic heterocycles. The summed E-state index contributed by atoms with van der Waals surface area (Å²) in [6, 6.07) is 15.1. The Labute approximate surface area is 191 Å². The molecule has 1 fully saturated rings. The van der Waals surface area contributed by atoms with Crippen LogP contribution < -0.4 is 5.32 Å². The molecule has 0 saturated carbocycles. The van der Waals surface area contributed by atoms with E-state index in [9.17, 15) is 19.2 Å². The average Bonchev–Trinajstić information content (AvgIpc) is 3.03. The van der Waals surface area contributed by atoms with E-state index in [2.05, 4.69) is 5.32 Å². The summed E-state index contributed by atoms with van der Waals surface area (Å²) in [6.07, 6.45) is -0.248. The lowest BCUT2D eigenvalue weighted by Gasteiger charge is -2.36. The summed E-state index contributed by atoms with van der Waals surface area (Å²) in [5.74, 6) is -1.85. The van der Waals surface area contributed by atoms with Gasteiger partial charge < -0.3 is 10.1 Å². The van der Waals surface area contributed by atoms with Crippen LogP contribution in [0.3, 0.4) is 0 Å². The van der Waals surface area contributed by atoms with Gasteiger partial charge in [-0.3, -0.25) is 14.4 Å². The summed E-state index contributed by atoms with van der Waals surface area (Å²) in [5.41, 5.74) is -0.0510. The predicted molar refractivity (Wildman–Crippen MR) is 117 cm³/mol. The maximum atomic E-state index is 13.6. The minimum atomic E-state index is -1.47. The second-order valence-electron chi connectivity index (χ2n) is 7.66. The van der Waals surface area contributed by atoms with Gasteiger partial charge in [0.05, 0.1) is 30.7 Å². The number of urea groups is 1. The van der Waals surface area contributed by atoms with Crippen LogP contribution in [0, 0.1) is 11.3 Å². The monoisotopic (exact) mass is 448 g/mol. The Bertz CT molecular complexity index is 1110. The van der Waals surface area contributed by atoms with Gasteiger partial charge in [-0.15, -0.1) is 0 Å². The smallest absolute Gasteiger partial charge is 0.344 e. The summed E-state index contributed by atoms with van der Waals surface area (Å²) in [6.45, 7) is 4.56.